The zero-order chi connectivity index (χ0) is 21.5. The molecule has 2 heterocycles. The van der Waals surface area contributed by atoms with Crippen molar-refractivity contribution in [3.63, 3.8) is 0 Å². The van der Waals surface area contributed by atoms with Crippen LogP contribution < -0.4 is 10.6 Å². The van der Waals surface area contributed by atoms with Crippen molar-refractivity contribution >= 4 is 23.7 Å². The first-order valence-electron chi connectivity index (χ1n) is 9.70. The fourth-order valence-electron chi connectivity index (χ4n) is 2.74. The standard InChI is InChI=1S/C21H25N5O3S/c1-14(2)13-26-18(17-10-7-11-29-17)24-25-21(26)30-15(3)19(27)23-20(28)22-12-16-8-5-4-6-9-16/h4-11,14-15H,12-13H2,1-3H3,(H2,22,23,27,28). The molecule has 3 rings (SSSR count). The van der Waals surface area contributed by atoms with Gasteiger partial charge in [-0.2, -0.15) is 0 Å². The Kier molecular flexibility index (Phi) is 7.29. The summed E-state index contributed by atoms with van der Waals surface area (Å²) in [6, 6.07) is 12.6. The number of hydrogen-bond donors (Lipinski definition) is 2. The summed E-state index contributed by atoms with van der Waals surface area (Å²) >= 11 is 1.25. The molecule has 30 heavy (non-hydrogen) atoms. The number of rotatable bonds is 8. The highest BCUT2D eigenvalue weighted by Gasteiger charge is 2.23. The largest absolute Gasteiger partial charge is 0.461 e. The summed E-state index contributed by atoms with van der Waals surface area (Å²) in [6.07, 6.45) is 1.58. The van der Waals surface area contributed by atoms with Gasteiger partial charge in [0, 0.05) is 13.1 Å². The Morgan fingerprint density at radius 2 is 1.87 bits per heavy atom. The molecule has 0 saturated carbocycles. The van der Waals surface area contributed by atoms with Gasteiger partial charge in [0.25, 0.3) is 0 Å². The molecule has 1 unspecified atom stereocenters. The van der Waals surface area contributed by atoms with Gasteiger partial charge in [-0.3, -0.25) is 14.7 Å². The number of nitrogens with one attached hydrogen (secondary N) is 2. The van der Waals surface area contributed by atoms with Gasteiger partial charge >= 0.3 is 6.03 Å². The molecular formula is C21H25N5O3S. The van der Waals surface area contributed by atoms with Crippen LogP contribution in [0.2, 0.25) is 0 Å². The second-order valence-electron chi connectivity index (χ2n) is 7.21. The average Bonchev–Trinajstić information content (AvgIpc) is 3.37. The Balaban J connectivity index is 1.61. The van der Waals surface area contributed by atoms with E-state index in [1.807, 2.05) is 41.0 Å². The average molecular weight is 428 g/mol. The molecule has 8 nitrogen and oxygen atoms in total. The number of imide groups is 1. The van der Waals surface area contributed by atoms with Gasteiger partial charge in [-0.1, -0.05) is 55.9 Å². The lowest BCUT2D eigenvalue weighted by molar-refractivity contribution is -0.119. The van der Waals surface area contributed by atoms with Crippen LogP contribution in [0, 0.1) is 5.92 Å². The Morgan fingerprint density at radius 1 is 1.10 bits per heavy atom. The third-order valence-corrected chi connectivity index (χ3v) is 5.27. The van der Waals surface area contributed by atoms with E-state index in [9.17, 15) is 9.59 Å². The van der Waals surface area contributed by atoms with Crippen molar-refractivity contribution < 1.29 is 14.0 Å². The second-order valence-corrected chi connectivity index (χ2v) is 8.51. The maximum Gasteiger partial charge on any atom is 0.321 e. The van der Waals surface area contributed by atoms with Crippen LogP contribution in [0.15, 0.2) is 58.3 Å². The Hall–Kier alpha value is -3.07. The predicted octanol–water partition coefficient (Wildman–Crippen LogP) is 3.70. The SMILES string of the molecule is CC(C)Cn1c(SC(C)C(=O)NC(=O)NCc2ccccc2)nnc1-c1ccco1. The summed E-state index contributed by atoms with van der Waals surface area (Å²) in [5.41, 5.74) is 0.953. The molecular weight excluding hydrogens is 402 g/mol. The first-order valence-corrected chi connectivity index (χ1v) is 10.6. The van der Waals surface area contributed by atoms with Gasteiger partial charge in [-0.15, -0.1) is 10.2 Å². The number of urea groups is 1. The first-order chi connectivity index (χ1) is 14.4. The Bertz CT molecular complexity index is 970. The molecule has 0 spiro atoms. The van der Waals surface area contributed by atoms with Crippen LogP contribution in [0.1, 0.15) is 26.3 Å². The van der Waals surface area contributed by atoms with Gasteiger partial charge in [-0.05, 0) is 30.5 Å². The molecule has 0 aliphatic heterocycles. The monoisotopic (exact) mass is 427 g/mol. The Labute approximate surface area is 179 Å². The van der Waals surface area contributed by atoms with Crippen molar-refractivity contribution in [1.29, 1.82) is 0 Å². The van der Waals surface area contributed by atoms with E-state index in [2.05, 4.69) is 34.7 Å². The van der Waals surface area contributed by atoms with Crippen molar-refractivity contribution in [3.05, 3.63) is 54.3 Å². The smallest absolute Gasteiger partial charge is 0.321 e. The lowest BCUT2D eigenvalue weighted by atomic mass is 10.2. The second kappa shape index (κ2) is 10.1. The van der Waals surface area contributed by atoms with Gasteiger partial charge in [0.15, 0.2) is 16.7 Å². The molecule has 0 radical (unpaired) electrons. The molecule has 3 aromatic rings. The molecule has 2 N–H and O–H groups in total. The lowest BCUT2D eigenvalue weighted by Crippen LogP contribution is -2.42. The molecule has 2 aromatic heterocycles. The predicted molar refractivity (Wildman–Crippen MR) is 115 cm³/mol. The molecule has 0 saturated heterocycles. The third-order valence-electron chi connectivity index (χ3n) is 4.19. The van der Waals surface area contributed by atoms with E-state index in [1.54, 1.807) is 19.3 Å². The van der Waals surface area contributed by atoms with Crippen LogP contribution in [-0.4, -0.2) is 32.0 Å². The third kappa shape index (κ3) is 5.73. The van der Waals surface area contributed by atoms with Gasteiger partial charge in [0.2, 0.25) is 5.91 Å². The minimum Gasteiger partial charge on any atom is -0.461 e. The van der Waals surface area contributed by atoms with Crippen molar-refractivity contribution in [1.82, 2.24) is 25.4 Å². The fraction of sp³-hybridized carbons (Fsp3) is 0.333. The summed E-state index contributed by atoms with van der Waals surface area (Å²) in [7, 11) is 0. The molecule has 0 bridgehead atoms. The lowest BCUT2D eigenvalue weighted by Gasteiger charge is -2.14. The number of hydrogen-bond acceptors (Lipinski definition) is 6. The zero-order valence-electron chi connectivity index (χ0n) is 17.2. The van der Waals surface area contributed by atoms with E-state index in [0.717, 1.165) is 5.56 Å². The van der Waals surface area contributed by atoms with E-state index in [4.69, 9.17) is 4.42 Å². The summed E-state index contributed by atoms with van der Waals surface area (Å²) in [5.74, 6) is 1.18. The first kappa shape index (κ1) is 21.6. The van der Waals surface area contributed by atoms with Crippen LogP contribution >= 0.6 is 11.8 Å². The van der Waals surface area contributed by atoms with Gasteiger partial charge in [-0.25, -0.2) is 4.79 Å². The minimum atomic E-state index is -0.535. The number of carbonyl (C=O) groups is 2. The van der Waals surface area contributed by atoms with Crippen molar-refractivity contribution in [3.8, 4) is 11.6 Å². The van der Waals surface area contributed by atoms with E-state index >= 15 is 0 Å². The van der Waals surface area contributed by atoms with Gasteiger partial charge < -0.3 is 9.73 Å². The van der Waals surface area contributed by atoms with Crippen LogP contribution in [0.4, 0.5) is 4.79 Å². The quantitative estimate of drug-likeness (QED) is 0.532. The number of aromatic nitrogens is 3. The normalized spacial score (nSPS) is 12.0. The summed E-state index contributed by atoms with van der Waals surface area (Å²) < 4.78 is 7.40. The van der Waals surface area contributed by atoms with Crippen LogP contribution in [-0.2, 0) is 17.9 Å². The molecule has 0 aliphatic carbocycles. The highest BCUT2D eigenvalue weighted by molar-refractivity contribution is 8.00. The number of nitrogens with zero attached hydrogens (tertiary/aromatic N) is 3. The highest BCUT2D eigenvalue weighted by Crippen LogP contribution is 2.28. The number of carbonyl (C=O) groups excluding carboxylic acids is 2. The van der Waals surface area contributed by atoms with E-state index < -0.39 is 17.2 Å². The molecule has 1 aromatic carbocycles. The molecule has 3 amide bonds. The van der Waals surface area contributed by atoms with Crippen molar-refractivity contribution in [2.75, 3.05) is 0 Å². The number of amides is 3. The van der Waals surface area contributed by atoms with Crippen LogP contribution in [0.5, 0.6) is 0 Å². The van der Waals surface area contributed by atoms with Crippen molar-refractivity contribution in [2.24, 2.45) is 5.92 Å². The maximum absolute atomic E-state index is 12.5. The minimum absolute atomic E-state index is 0.344. The number of furan rings is 1. The van der Waals surface area contributed by atoms with Crippen LogP contribution in [0.3, 0.4) is 0 Å². The fourth-order valence-corrected chi connectivity index (χ4v) is 3.60. The maximum atomic E-state index is 12.5. The topological polar surface area (TPSA) is 102 Å². The highest BCUT2D eigenvalue weighted by atomic mass is 32.2. The zero-order valence-corrected chi connectivity index (χ0v) is 18.0. The van der Waals surface area contributed by atoms with Gasteiger partial charge in [0.1, 0.15) is 0 Å². The molecule has 0 fully saturated rings. The van der Waals surface area contributed by atoms with E-state index in [1.165, 1.54) is 11.8 Å². The van der Waals surface area contributed by atoms with E-state index in [0.29, 0.717) is 35.7 Å². The summed E-state index contributed by atoms with van der Waals surface area (Å²) in [6.45, 7) is 6.93. The molecule has 158 valence electrons. The molecule has 9 heteroatoms. The van der Waals surface area contributed by atoms with Crippen LogP contribution in [0.25, 0.3) is 11.6 Å². The van der Waals surface area contributed by atoms with Crippen molar-refractivity contribution in [2.45, 2.75) is 44.3 Å². The summed E-state index contributed by atoms with van der Waals surface area (Å²) in [4.78, 5) is 24.5. The molecule has 0 aliphatic rings. The summed E-state index contributed by atoms with van der Waals surface area (Å²) in [5, 5.41) is 13.6. The molecule has 1 atom stereocenters. The van der Waals surface area contributed by atoms with E-state index in [-0.39, 0.29) is 0 Å². The number of thioether (sulfide) groups is 1. The van der Waals surface area contributed by atoms with Gasteiger partial charge in [0.05, 0.1) is 11.5 Å². The Morgan fingerprint density at radius 3 is 2.53 bits per heavy atom. The number of benzene rings is 1.